The predicted molar refractivity (Wildman–Crippen MR) is 237 cm³/mol. The van der Waals surface area contributed by atoms with Crippen LogP contribution in [0.2, 0.25) is 0 Å². The highest BCUT2D eigenvalue weighted by molar-refractivity contribution is 6.04. The lowest BCUT2D eigenvalue weighted by atomic mass is 9.90. The van der Waals surface area contributed by atoms with Crippen LogP contribution in [0.15, 0.2) is 78.1 Å². The number of benzene rings is 3. The van der Waals surface area contributed by atoms with Gasteiger partial charge in [-0.3, -0.25) is 14.6 Å². The van der Waals surface area contributed by atoms with Crippen molar-refractivity contribution in [2.45, 2.75) is 95.0 Å². The van der Waals surface area contributed by atoms with Crippen molar-refractivity contribution in [1.82, 2.24) is 30.4 Å². The van der Waals surface area contributed by atoms with Crippen LogP contribution in [0.25, 0.3) is 38.7 Å². The number of ether oxygens (including phenoxy) is 3. The summed E-state index contributed by atoms with van der Waals surface area (Å²) in [6.07, 6.45) is 8.43. The second-order valence-electron chi connectivity index (χ2n) is 18.5. The van der Waals surface area contributed by atoms with Gasteiger partial charge in [-0.1, -0.05) is 62.4 Å². The number of aliphatic imine (C=N–C) groups is 1. The number of fused-ring (bicyclic) bond motifs is 3. The summed E-state index contributed by atoms with van der Waals surface area (Å²) >= 11 is 0. The number of aromatic amines is 1. The smallest absolute Gasteiger partial charge is 0.407 e. The molecular weight excluding hydrogens is 799 g/mol. The van der Waals surface area contributed by atoms with E-state index in [4.69, 9.17) is 24.2 Å². The molecule has 3 saturated heterocycles. The summed E-state index contributed by atoms with van der Waals surface area (Å²) in [4.78, 5) is 69.8. The van der Waals surface area contributed by atoms with Crippen molar-refractivity contribution in [3.05, 3.63) is 84.4 Å². The molecular formula is C49H55N7O7. The number of H-pyrrole nitrogens is 1. The van der Waals surface area contributed by atoms with Crippen molar-refractivity contribution in [2.75, 3.05) is 27.4 Å². The zero-order valence-corrected chi connectivity index (χ0v) is 36.2. The van der Waals surface area contributed by atoms with Gasteiger partial charge in [-0.15, -0.1) is 0 Å². The summed E-state index contributed by atoms with van der Waals surface area (Å²) in [6.45, 7) is 5.01. The standard InChI is InChI=1S/C49H55N7O7/c1-26(2)43(53-48(59)61-3)46(57)55-39-20-34(39)22-41(55)37-19-36(24-50-37)28-7-5-27(6-8-28)30-9-10-32-18-33(12-11-31(32)17-30)38-25-51-45(52-38)42-23-35-21-40(35)56(42)47(58)44(54-49(60)62-4)29-13-15-63-16-14-29/h5-12,17-18,24-26,29,34-35,39-44H,13-16,19-23H2,1-4H3,(H,51,52)(H,53,59)(H,54,60)/t34-,35-,39-,40-,41+,42+,43+,44+/m1/s1. The van der Waals surface area contributed by atoms with Crippen molar-refractivity contribution in [3.63, 3.8) is 0 Å². The minimum absolute atomic E-state index is 0.0180. The van der Waals surface area contributed by atoms with E-state index < -0.39 is 24.3 Å². The molecule has 0 bridgehead atoms. The summed E-state index contributed by atoms with van der Waals surface area (Å²) < 4.78 is 15.3. The van der Waals surface area contributed by atoms with Crippen LogP contribution in [-0.4, -0.2) is 107 Å². The van der Waals surface area contributed by atoms with Gasteiger partial charge in [0.25, 0.3) is 0 Å². The molecule has 3 N–H and O–H groups in total. The first-order chi connectivity index (χ1) is 30.6. The molecule has 0 unspecified atom stereocenters. The van der Waals surface area contributed by atoms with Crippen molar-refractivity contribution < 1.29 is 33.4 Å². The van der Waals surface area contributed by atoms with Gasteiger partial charge in [-0.25, -0.2) is 14.6 Å². The van der Waals surface area contributed by atoms with Crippen LogP contribution in [0.3, 0.4) is 0 Å². The molecule has 63 heavy (non-hydrogen) atoms. The Hall–Kier alpha value is -6.02. The normalized spacial score (nSPS) is 25.8. The molecule has 5 fully saturated rings. The number of carbonyl (C=O) groups excluding carboxylic acids is 4. The van der Waals surface area contributed by atoms with E-state index in [0.29, 0.717) is 44.3 Å². The number of hydrogen-bond donors (Lipinski definition) is 3. The number of nitrogens with one attached hydrogen (secondary N) is 3. The van der Waals surface area contributed by atoms with Gasteiger partial charge in [0.15, 0.2) is 0 Å². The molecule has 2 saturated carbocycles. The van der Waals surface area contributed by atoms with E-state index >= 15 is 0 Å². The molecule has 14 heteroatoms. The SMILES string of the molecule is COC(=O)N[C@H](C(=O)N1[C@@H]2C[C@@H]2C[C@H]1C1=NC=C(c2ccc(-c3ccc4cc(-c5cnc([C@@H]6C[C@H]7C[C@H]7N6C(=O)[C@@H](NC(=O)OC)C6CCOCC6)[nH]5)ccc4c3)cc2)C1)C(C)C. The summed E-state index contributed by atoms with van der Waals surface area (Å²) in [5.41, 5.74) is 7.38. The summed E-state index contributed by atoms with van der Waals surface area (Å²) in [5.74, 6) is 1.47. The fraction of sp³-hybridized carbons (Fsp3) is 0.469. The number of amides is 4. The largest absolute Gasteiger partial charge is 0.453 e. The Labute approximate surface area is 366 Å². The zero-order valence-electron chi connectivity index (χ0n) is 36.2. The van der Waals surface area contributed by atoms with Crippen LogP contribution in [0.4, 0.5) is 9.59 Å². The number of aromatic nitrogens is 2. The lowest BCUT2D eigenvalue weighted by Crippen LogP contribution is -2.54. The highest BCUT2D eigenvalue weighted by Crippen LogP contribution is 2.54. The molecule has 4 aliphatic heterocycles. The molecule has 5 heterocycles. The van der Waals surface area contributed by atoms with E-state index in [1.165, 1.54) is 14.2 Å². The van der Waals surface area contributed by atoms with Crippen molar-refractivity contribution >= 4 is 46.1 Å². The van der Waals surface area contributed by atoms with Gasteiger partial charge < -0.3 is 39.6 Å². The molecule has 3 aromatic carbocycles. The molecule has 10 rings (SSSR count). The van der Waals surface area contributed by atoms with Crippen molar-refractivity contribution in [3.8, 4) is 22.4 Å². The summed E-state index contributed by atoms with van der Waals surface area (Å²) in [7, 11) is 2.64. The quantitative estimate of drug-likeness (QED) is 0.142. The number of imidazole rings is 1. The number of carbonyl (C=O) groups is 4. The van der Waals surface area contributed by atoms with E-state index in [-0.39, 0.29) is 47.8 Å². The number of nitrogens with zero attached hydrogens (tertiary/aromatic N) is 4. The van der Waals surface area contributed by atoms with Crippen LogP contribution in [0, 0.1) is 23.7 Å². The maximum absolute atomic E-state index is 14.2. The first kappa shape index (κ1) is 41.0. The van der Waals surface area contributed by atoms with Gasteiger partial charge in [0.05, 0.1) is 38.2 Å². The first-order valence-electron chi connectivity index (χ1n) is 22.4. The second-order valence-corrected chi connectivity index (χ2v) is 18.5. The highest BCUT2D eigenvalue weighted by atomic mass is 16.5. The topological polar surface area (TPSA) is 168 Å². The summed E-state index contributed by atoms with van der Waals surface area (Å²) in [5, 5.41) is 7.85. The summed E-state index contributed by atoms with van der Waals surface area (Å²) in [6, 6.07) is 20.3. The first-order valence-corrected chi connectivity index (χ1v) is 22.4. The average molecular weight is 854 g/mol. The number of methoxy groups -OCH3 is 2. The molecule has 6 aliphatic rings. The number of likely N-dealkylation sites (tertiary alicyclic amines) is 2. The number of hydrogen-bond acceptors (Lipinski definition) is 9. The monoisotopic (exact) mass is 853 g/mol. The van der Waals surface area contributed by atoms with Crippen molar-refractivity contribution in [1.29, 1.82) is 0 Å². The number of piperidine rings is 2. The Bertz CT molecular complexity index is 2510. The van der Waals surface area contributed by atoms with Gasteiger partial charge >= 0.3 is 12.2 Å². The number of allylic oxidation sites excluding steroid dienone is 1. The molecule has 328 valence electrons. The molecule has 8 atom stereocenters. The third kappa shape index (κ3) is 7.87. The average Bonchev–Trinajstić information content (AvgIpc) is 3.89. The number of alkyl carbamates (subject to hydrolysis) is 2. The third-order valence-corrected chi connectivity index (χ3v) is 14.4. The minimum atomic E-state index is -0.671. The Morgan fingerprint density at radius 3 is 2.03 bits per heavy atom. The van der Waals surface area contributed by atoms with E-state index in [1.807, 2.05) is 36.0 Å². The Morgan fingerprint density at radius 2 is 1.35 bits per heavy atom. The van der Waals surface area contributed by atoms with E-state index in [1.54, 1.807) is 0 Å². The van der Waals surface area contributed by atoms with Crippen molar-refractivity contribution in [2.24, 2.45) is 28.7 Å². The molecule has 0 radical (unpaired) electrons. The van der Waals surface area contributed by atoms with Gasteiger partial charge in [0, 0.05) is 49.2 Å². The van der Waals surface area contributed by atoms with Crippen LogP contribution < -0.4 is 10.6 Å². The molecule has 2 aliphatic carbocycles. The lowest BCUT2D eigenvalue weighted by Gasteiger charge is -2.35. The van der Waals surface area contributed by atoms with Crippen LogP contribution in [-0.2, 0) is 23.8 Å². The van der Waals surface area contributed by atoms with Gasteiger partial charge in [-0.2, -0.15) is 0 Å². The predicted octanol–water partition coefficient (Wildman–Crippen LogP) is 7.27. The Morgan fingerprint density at radius 1 is 0.746 bits per heavy atom. The third-order valence-electron chi connectivity index (χ3n) is 14.4. The Kier molecular flexibility index (Phi) is 10.8. The van der Waals surface area contributed by atoms with Gasteiger partial charge in [0.1, 0.15) is 17.9 Å². The highest BCUT2D eigenvalue weighted by Gasteiger charge is 2.58. The molecule has 4 aromatic rings. The van der Waals surface area contributed by atoms with E-state index in [9.17, 15) is 19.2 Å². The molecule has 14 nitrogen and oxygen atoms in total. The number of rotatable bonds is 11. The second kappa shape index (κ2) is 16.6. The van der Waals surface area contributed by atoms with E-state index in [2.05, 4.69) is 76.3 Å². The molecule has 0 spiro atoms. The fourth-order valence-corrected chi connectivity index (χ4v) is 10.7. The van der Waals surface area contributed by atoms with Gasteiger partial charge in [0.2, 0.25) is 11.8 Å². The Balaban J connectivity index is 0.798. The van der Waals surface area contributed by atoms with E-state index in [0.717, 1.165) is 81.5 Å². The van der Waals surface area contributed by atoms with Crippen LogP contribution in [0.5, 0.6) is 0 Å². The minimum Gasteiger partial charge on any atom is -0.453 e. The lowest BCUT2D eigenvalue weighted by molar-refractivity contribution is -0.138. The maximum atomic E-state index is 14.2. The fourth-order valence-electron chi connectivity index (χ4n) is 10.7. The molecule has 4 amide bonds. The zero-order chi connectivity index (χ0) is 43.5. The van der Waals surface area contributed by atoms with Crippen LogP contribution >= 0.6 is 0 Å². The van der Waals surface area contributed by atoms with Crippen LogP contribution in [0.1, 0.15) is 76.2 Å². The van der Waals surface area contributed by atoms with Gasteiger partial charge in [-0.05, 0) is 107 Å². The molecule has 1 aromatic heterocycles. The maximum Gasteiger partial charge on any atom is 0.407 e.